The van der Waals surface area contributed by atoms with Gasteiger partial charge < -0.3 is 5.11 Å². The maximum atomic E-state index is 10.8. The predicted octanol–water partition coefficient (Wildman–Crippen LogP) is 4.09. The SMILES string of the molecule is CCCC[C@@H](CC(=O)O)C(C)(C)CCC. The Labute approximate surface area is 94.1 Å². The van der Waals surface area contributed by atoms with Crippen molar-refractivity contribution in [3.05, 3.63) is 0 Å². The minimum absolute atomic E-state index is 0.169. The first kappa shape index (κ1) is 14.5. The van der Waals surface area contributed by atoms with Gasteiger partial charge in [0.1, 0.15) is 0 Å². The lowest BCUT2D eigenvalue weighted by atomic mass is 9.72. The van der Waals surface area contributed by atoms with Crippen LogP contribution in [0.2, 0.25) is 0 Å². The quantitative estimate of drug-likeness (QED) is 0.660. The molecule has 0 spiro atoms. The molecule has 90 valence electrons. The van der Waals surface area contributed by atoms with Crippen LogP contribution in [-0.2, 0) is 4.79 Å². The molecule has 0 radical (unpaired) electrons. The fraction of sp³-hybridized carbons (Fsp3) is 0.923. The molecular formula is C13H26O2. The van der Waals surface area contributed by atoms with E-state index in [0.29, 0.717) is 12.3 Å². The highest BCUT2D eigenvalue weighted by Gasteiger charge is 2.29. The van der Waals surface area contributed by atoms with Crippen molar-refractivity contribution in [3.8, 4) is 0 Å². The third-order valence-corrected chi connectivity index (χ3v) is 3.33. The highest BCUT2D eigenvalue weighted by atomic mass is 16.4. The van der Waals surface area contributed by atoms with Crippen molar-refractivity contribution in [2.45, 2.75) is 66.2 Å². The van der Waals surface area contributed by atoms with Crippen molar-refractivity contribution in [2.75, 3.05) is 0 Å². The van der Waals surface area contributed by atoms with Crippen LogP contribution in [0.25, 0.3) is 0 Å². The summed E-state index contributed by atoms with van der Waals surface area (Å²) >= 11 is 0. The summed E-state index contributed by atoms with van der Waals surface area (Å²) in [6.07, 6.45) is 5.93. The lowest BCUT2D eigenvalue weighted by molar-refractivity contribution is -0.139. The summed E-state index contributed by atoms with van der Waals surface area (Å²) < 4.78 is 0. The number of hydrogen-bond acceptors (Lipinski definition) is 1. The predicted molar refractivity (Wildman–Crippen MR) is 64.0 cm³/mol. The van der Waals surface area contributed by atoms with Crippen molar-refractivity contribution in [3.63, 3.8) is 0 Å². The van der Waals surface area contributed by atoms with E-state index in [1.54, 1.807) is 0 Å². The molecule has 0 rings (SSSR count). The maximum absolute atomic E-state index is 10.8. The van der Waals surface area contributed by atoms with Crippen molar-refractivity contribution >= 4 is 5.97 Å². The molecule has 0 aromatic carbocycles. The minimum Gasteiger partial charge on any atom is -0.481 e. The molecular weight excluding hydrogens is 188 g/mol. The zero-order valence-electron chi connectivity index (χ0n) is 10.7. The van der Waals surface area contributed by atoms with Gasteiger partial charge in [-0.25, -0.2) is 0 Å². The van der Waals surface area contributed by atoms with Crippen LogP contribution in [-0.4, -0.2) is 11.1 Å². The average Bonchev–Trinajstić information content (AvgIpc) is 2.11. The largest absolute Gasteiger partial charge is 0.481 e. The van der Waals surface area contributed by atoms with E-state index < -0.39 is 5.97 Å². The van der Waals surface area contributed by atoms with Gasteiger partial charge in [0.2, 0.25) is 0 Å². The van der Waals surface area contributed by atoms with Crippen LogP contribution in [0, 0.1) is 11.3 Å². The molecule has 2 heteroatoms. The number of unbranched alkanes of at least 4 members (excludes halogenated alkanes) is 1. The summed E-state index contributed by atoms with van der Waals surface area (Å²) in [6, 6.07) is 0. The summed E-state index contributed by atoms with van der Waals surface area (Å²) in [7, 11) is 0. The molecule has 0 unspecified atom stereocenters. The number of rotatable bonds is 8. The number of carboxylic acids is 1. The first-order valence-electron chi connectivity index (χ1n) is 6.15. The van der Waals surface area contributed by atoms with Gasteiger partial charge in [0.05, 0.1) is 0 Å². The van der Waals surface area contributed by atoms with E-state index >= 15 is 0 Å². The third-order valence-electron chi connectivity index (χ3n) is 3.33. The van der Waals surface area contributed by atoms with Crippen molar-refractivity contribution < 1.29 is 9.90 Å². The Bertz CT molecular complexity index is 185. The Kier molecular flexibility index (Phi) is 6.62. The zero-order valence-corrected chi connectivity index (χ0v) is 10.7. The smallest absolute Gasteiger partial charge is 0.303 e. The molecule has 0 aliphatic carbocycles. The first-order valence-corrected chi connectivity index (χ1v) is 6.15. The molecule has 0 aliphatic heterocycles. The number of carbonyl (C=O) groups is 1. The summed E-state index contributed by atoms with van der Waals surface area (Å²) in [5, 5.41) is 8.91. The second-order valence-corrected chi connectivity index (χ2v) is 5.18. The number of carboxylic acid groups (broad SMARTS) is 1. The summed E-state index contributed by atoms with van der Waals surface area (Å²) in [5.41, 5.74) is 0.169. The van der Waals surface area contributed by atoms with Gasteiger partial charge in [0, 0.05) is 6.42 Å². The van der Waals surface area contributed by atoms with Gasteiger partial charge in [-0.05, 0) is 24.2 Å². The van der Waals surface area contributed by atoms with Crippen LogP contribution in [0.5, 0.6) is 0 Å². The molecule has 0 saturated carbocycles. The van der Waals surface area contributed by atoms with Crippen molar-refractivity contribution in [1.29, 1.82) is 0 Å². The number of hydrogen-bond donors (Lipinski definition) is 1. The highest BCUT2D eigenvalue weighted by molar-refractivity contribution is 5.67. The van der Waals surface area contributed by atoms with Gasteiger partial charge >= 0.3 is 5.97 Å². The monoisotopic (exact) mass is 214 g/mol. The van der Waals surface area contributed by atoms with Crippen LogP contribution in [0.15, 0.2) is 0 Å². The Morgan fingerprint density at radius 2 is 1.87 bits per heavy atom. The Hall–Kier alpha value is -0.530. The van der Waals surface area contributed by atoms with Gasteiger partial charge in [-0.3, -0.25) is 4.79 Å². The minimum atomic E-state index is -0.653. The molecule has 0 bridgehead atoms. The standard InChI is InChI=1S/C13H26O2/c1-5-7-8-11(10-12(14)15)13(3,4)9-6-2/h11H,5-10H2,1-4H3,(H,14,15)/t11-/m0/s1. The van der Waals surface area contributed by atoms with E-state index in [0.717, 1.165) is 32.1 Å². The lowest BCUT2D eigenvalue weighted by Crippen LogP contribution is -2.26. The maximum Gasteiger partial charge on any atom is 0.303 e. The topological polar surface area (TPSA) is 37.3 Å². The Morgan fingerprint density at radius 1 is 1.27 bits per heavy atom. The third kappa shape index (κ3) is 5.81. The van der Waals surface area contributed by atoms with E-state index in [9.17, 15) is 4.79 Å². The lowest BCUT2D eigenvalue weighted by Gasteiger charge is -2.33. The molecule has 0 heterocycles. The second kappa shape index (κ2) is 6.86. The van der Waals surface area contributed by atoms with Gasteiger partial charge in [-0.1, -0.05) is 47.0 Å². The Morgan fingerprint density at radius 3 is 2.27 bits per heavy atom. The molecule has 0 fully saturated rings. The van der Waals surface area contributed by atoms with E-state index in [1.807, 2.05) is 0 Å². The molecule has 0 amide bonds. The van der Waals surface area contributed by atoms with E-state index in [2.05, 4.69) is 27.7 Å². The molecule has 0 aromatic rings. The molecule has 2 nitrogen and oxygen atoms in total. The summed E-state index contributed by atoms with van der Waals surface area (Å²) in [5.74, 6) is -0.324. The van der Waals surface area contributed by atoms with Gasteiger partial charge in [0.25, 0.3) is 0 Å². The summed E-state index contributed by atoms with van der Waals surface area (Å²) in [6.45, 7) is 8.74. The molecule has 1 N–H and O–H groups in total. The average molecular weight is 214 g/mol. The molecule has 0 aliphatic rings. The van der Waals surface area contributed by atoms with Crippen LogP contribution in [0.1, 0.15) is 66.2 Å². The van der Waals surface area contributed by atoms with Gasteiger partial charge in [0.15, 0.2) is 0 Å². The van der Waals surface area contributed by atoms with E-state index in [1.165, 1.54) is 0 Å². The summed E-state index contributed by atoms with van der Waals surface area (Å²) in [4.78, 5) is 10.8. The second-order valence-electron chi connectivity index (χ2n) is 5.18. The fourth-order valence-electron chi connectivity index (χ4n) is 2.28. The highest BCUT2D eigenvalue weighted by Crippen LogP contribution is 2.37. The first-order chi connectivity index (χ1) is 6.94. The van der Waals surface area contributed by atoms with Crippen LogP contribution < -0.4 is 0 Å². The van der Waals surface area contributed by atoms with E-state index in [4.69, 9.17) is 5.11 Å². The van der Waals surface area contributed by atoms with Crippen LogP contribution in [0.4, 0.5) is 0 Å². The number of aliphatic carboxylic acids is 1. The molecule has 15 heavy (non-hydrogen) atoms. The van der Waals surface area contributed by atoms with Crippen molar-refractivity contribution in [2.24, 2.45) is 11.3 Å². The van der Waals surface area contributed by atoms with Crippen molar-refractivity contribution in [1.82, 2.24) is 0 Å². The fourth-order valence-corrected chi connectivity index (χ4v) is 2.28. The zero-order chi connectivity index (χ0) is 11.9. The Balaban J connectivity index is 4.37. The molecule has 0 saturated heterocycles. The molecule has 1 atom stereocenters. The van der Waals surface area contributed by atoms with Gasteiger partial charge in [-0.2, -0.15) is 0 Å². The van der Waals surface area contributed by atoms with Gasteiger partial charge in [-0.15, -0.1) is 0 Å². The van der Waals surface area contributed by atoms with Crippen LogP contribution in [0.3, 0.4) is 0 Å². The van der Waals surface area contributed by atoms with Crippen LogP contribution >= 0.6 is 0 Å². The van der Waals surface area contributed by atoms with E-state index in [-0.39, 0.29) is 5.41 Å². The normalized spacial score (nSPS) is 13.9. The molecule has 0 aromatic heterocycles.